The smallest absolute Gasteiger partial charge is 0.289 e. The average Bonchev–Trinajstić information content (AvgIpc) is 3.37. The molecule has 3 heterocycles. The maximum atomic E-state index is 12.9. The minimum Gasteiger partial charge on any atom is -0.492 e. The Morgan fingerprint density at radius 3 is 2.76 bits per heavy atom. The molecule has 0 radical (unpaired) electrons. The molecule has 2 aliphatic rings. The first kappa shape index (κ1) is 19.4. The van der Waals surface area contributed by atoms with Gasteiger partial charge in [0.05, 0.1) is 18.6 Å². The maximum absolute atomic E-state index is 12.9. The molecular weight excluding hydrogens is 372 g/mol. The van der Waals surface area contributed by atoms with Gasteiger partial charge < -0.3 is 24.1 Å². The van der Waals surface area contributed by atoms with Gasteiger partial charge in [0.15, 0.2) is 5.76 Å². The Morgan fingerprint density at radius 1 is 1.28 bits per heavy atom. The highest BCUT2D eigenvalue weighted by atomic mass is 16.5. The molecule has 1 unspecified atom stereocenters. The number of furan rings is 1. The molecule has 0 saturated carbocycles. The minimum absolute atomic E-state index is 0.0537. The second-order valence-electron chi connectivity index (χ2n) is 7.55. The van der Waals surface area contributed by atoms with Crippen LogP contribution in [-0.2, 0) is 11.2 Å². The molecular formula is C22H26N2O5. The van der Waals surface area contributed by atoms with Crippen LogP contribution in [-0.4, -0.2) is 42.5 Å². The summed E-state index contributed by atoms with van der Waals surface area (Å²) in [4.78, 5) is 27.0. The Balaban J connectivity index is 1.40. The van der Waals surface area contributed by atoms with Crippen molar-refractivity contribution in [2.75, 3.05) is 25.0 Å². The molecule has 2 amide bonds. The first-order chi connectivity index (χ1) is 14.0. The molecule has 1 aromatic carbocycles. The number of fused-ring (bicyclic) bond motifs is 1. The lowest BCUT2D eigenvalue weighted by molar-refractivity contribution is -0.121. The fourth-order valence-corrected chi connectivity index (χ4v) is 3.95. The van der Waals surface area contributed by atoms with Crippen LogP contribution < -0.4 is 14.8 Å². The molecule has 4 rings (SSSR count). The van der Waals surface area contributed by atoms with Crippen LogP contribution in [0.1, 0.15) is 42.8 Å². The number of hydrogen-bond acceptors (Lipinski definition) is 5. The molecule has 7 nitrogen and oxygen atoms in total. The summed E-state index contributed by atoms with van der Waals surface area (Å²) in [5.74, 6) is 1.47. The van der Waals surface area contributed by atoms with Gasteiger partial charge in [0, 0.05) is 37.1 Å². The molecule has 1 aromatic heterocycles. The van der Waals surface area contributed by atoms with Crippen molar-refractivity contribution in [2.24, 2.45) is 5.92 Å². The second kappa shape index (κ2) is 8.19. The normalized spacial score (nSPS) is 18.8. The van der Waals surface area contributed by atoms with E-state index in [1.807, 2.05) is 26.0 Å². The number of ether oxygens (including phenoxy) is 2. The predicted molar refractivity (Wildman–Crippen MR) is 107 cm³/mol. The number of anilines is 1. The van der Waals surface area contributed by atoms with Gasteiger partial charge in [0.25, 0.3) is 5.91 Å². The van der Waals surface area contributed by atoms with E-state index in [4.69, 9.17) is 13.9 Å². The molecule has 1 fully saturated rings. The lowest BCUT2D eigenvalue weighted by atomic mass is 9.95. The summed E-state index contributed by atoms with van der Waals surface area (Å²) in [7, 11) is 0. The molecule has 1 saturated heterocycles. The van der Waals surface area contributed by atoms with Gasteiger partial charge in [-0.3, -0.25) is 9.59 Å². The maximum Gasteiger partial charge on any atom is 0.289 e. The topological polar surface area (TPSA) is 81.0 Å². The zero-order valence-electron chi connectivity index (χ0n) is 16.8. The molecule has 1 atom stereocenters. The SMILES string of the molecule is CCOc1cc2c(cc1NC(=O)C1CCN(C(=O)c3ccco3)CC1)OC(C)C2. The van der Waals surface area contributed by atoms with Crippen LogP contribution in [0.25, 0.3) is 0 Å². The van der Waals surface area contributed by atoms with Gasteiger partial charge in [-0.05, 0) is 44.9 Å². The number of hydrogen-bond donors (Lipinski definition) is 1. The van der Waals surface area contributed by atoms with Crippen molar-refractivity contribution >= 4 is 17.5 Å². The quantitative estimate of drug-likeness (QED) is 0.834. The Morgan fingerprint density at radius 2 is 2.07 bits per heavy atom. The Bertz CT molecular complexity index is 885. The van der Waals surface area contributed by atoms with Crippen molar-refractivity contribution in [3.63, 3.8) is 0 Å². The van der Waals surface area contributed by atoms with E-state index in [1.165, 1.54) is 6.26 Å². The summed E-state index contributed by atoms with van der Waals surface area (Å²) in [6, 6.07) is 7.18. The lowest BCUT2D eigenvalue weighted by Crippen LogP contribution is -2.41. The predicted octanol–water partition coefficient (Wildman–Crippen LogP) is 3.49. The Kier molecular flexibility index (Phi) is 5.47. The summed E-state index contributed by atoms with van der Waals surface area (Å²) in [5.41, 5.74) is 1.74. The van der Waals surface area contributed by atoms with Crippen molar-refractivity contribution < 1.29 is 23.5 Å². The third kappa shape index (κ3) is 4.09. The molecule has 0 aliphatic carbocycles. The zero-order chi connectivity index (χ0) is 20.4. The summed E-state index contributed by atoms with van der Waals surface area (Å²) in [6.07, 6.45) is 3.68. The van der Waals surface area contributed by atoms with E-state index in [0.29, 0.717) is 49.7 Å². The second-order valence-corrected chi connectivity index (χ2v) is 7.55. The first-order valence-corrected chi connectivity index (χ1v) is 10.1. The molecule has 7 heteroatoms. The van der Waals surface area contributed by atoms with E-state index >= 15 is 0 Å². The van der Waals surface area contributed by atoms with Gasteiger partial charge in [-0.25, -0.2) is 0 Å². The van der Waals surface area contributed by atoms with E-state index in [9.17, 15) is 9.59 Å². The summed E-state index contributed by atoms with van der Waals surface area (Å²) >= 11 is 0. The van der Waals surface area contributed by atoms with Gasteiger partial charge in [0.1, 0.15) is 17.6 Å². The molecule has 154 valence electrons. The number of piperidine rings is 1. The van der Waals surface area contributed by atoms with E-state index < -0.39 is 0 Å². The van der Waals surface area contributed by atoms with Crippen LogP contribution in [0.4, 0.5) is 5.69 Å². The third-order valence-electron chi connectivity index (χ3n) is 5.44. The number of rotatable bonds is 5. The Labute approximate surface area is 170 Å². The Hall–Kier alpha value is -2.96. The molecule has 2 aliphatic heterocycles. The van der Waals surface area contributed by atoms with Crippen LogP contribution in [0.5, 0.6) is 11.5 Å². The molecule has 0 spiro atoms. The van der Waals surface area contributed by atoms with Crippen LogP contribution in [0, 0.1) is 5.92 Å². The van der Waals surface area contributed by atoms with Gasteiger partial charge in [-0.1, -0.05) is 0 Å². The summed E-state index contributed by atoms with van der Waals surface area (Å²) < 4.78 is 16.8. The molecule has 0 bridgehead atoms. The molecule has 1 N–H and O–H groups in total. The standard InChI is InChI=1S/C22H26N2O5/c1-3-27-20-12-16-11-14(2)29-19(16)13-17(20)23-21(25)15-6-8-24(9-7-15)22(26)18-5-4-10-28-18/h4-5,10,12-15H,3,6-9,11H2,1-2H3,(H,23,25). The van der Waals surface area contributed by atoms with E-state index in [1.54, 1.807) is 17.0 Å². The van der Waals surface area contributed by atoms with Crippen LogP contribution in [0.3, 0.4) is 0 Å². The highest BCUT2D eigenvalue weighted by Crippen LogP contribution is 2.38. The number of amides is 2. The molecule has 2 aromatic rings. The van der Waals surface area contributed by atoms with Gasteiger partial charge in [-0.2, -0.15) is 0 Å². The van der Waals surface area contributed by atoms with Crippen molar-refractivity contribution in [3.8, 4) is 11.5 Å². The van der Waals surface area contributed by atoms with Gasteiger partial charge in [-0.15, -0.1) is 0 Å². The number of nitrogens with zero attached hydrogens (tertiary/aromatic N) is 1. The van der Waals surface area contributed by atoms with Crippen molar-refractivity contribution in [3.05, 3.63) is 41.9 Å². The first-order valence-electron chi connectivity index (χ1n) is 10.1. The monoisotopic (exact) mass is 398 g/mol. The summed E-state index contributed by atoms with van der Waals surface area (Å²) in [6.45, 7) is 5.52. The summed E-state index contributed by atoms with van der Waals surface area (Å²) in [5, 5.41) is 3.02. The van der Waals surface area contributed by atoms with E-state index in [2.05, 4.69) is 5.32 Å². The third-order valence-corrected chi connectivity index (χ3v) is 5.44. The number of likely N-dealkylation sites (tertiary alicyclic amines) is 1. The molecule has 29 heavy (non-hydrogen) atoms. The lowest BCUT2D eigenvalue weighted by Gasteiger charge is -2.30. The highest BCUT2D eigenvalue weighted by molar-refractivity contribution is 5.95. The number of benzene rings is 1. The zero-order valence-corrected chi connectivity index (χ0v) is 16.8. The number of carbonyl (C=O) groups is 2. The highest BCUT2D eigenvalue weighted by Gasteiger charge is 2.30. The number of carbonyl (C=O) groups excluding carboxylic acids is 2. The fraction of sp³-hybridized carbons (Fsp3) is 0.455. The van der Waals surface area contributed by atoms with Crippen molar-refractivity contribution in [2.45, 2.75) is 39.2 Å². The average molecular weight is 398 g/mol. The van der Waals surface area contributed by atoms with Crippen molar-refractivity contribution in [1.82, 2.24) is 4.90 Å². The number of nitrogens with one attached hydrogen (secondary N) is 1. The fourth-order valence-electron chi connectivity index (χ4n) is 3.95. The van der Waals surface area contributed by atoms with Crippen molar-refractivity contribution in [1.29, 1.82) is 0 Å². The van der Waals surface area contributed by atoms with E-state index in [-0.39, 0.29) is 23.8 Å². The van der Waals surface area contributed by atoms with Crippen LogP contribution in [0.2, 0.25) is 0 Å². The van der Waals surface area contributed by atoms with E-state index in [0.717, 1.165) is 17.7 Å². The van der Waals surface area contributed by atoms with Gasteiger partial charge >= 0.3 is 0 Å². The van der Waals surface area contributed by atoms with Crippen LogP contribution >= 0.6 is 0 Å². The van der Waals surface area contributed by atoms with Crippen LogP contribution in [0.15, 0.2) is 34.9 Å². The van der Waals surface area contributed by atoms with Gasteiger partial charge in [0.2, 0.25) is 5.91 Å². The largest absolute Gasteiger partial charge is 0.492 e. The minimum atomic E-state index is -0.154.